The Hall–Kier alpha value is -3.49. The summed E-state index contributed by atoms with van der Waals surface area (Å²) in [6.45, 7) is -0.802. The van der Waals surface area contributed by atoms with E-state index < -0.39 is 35.9 Å². The van der Waals surface area contributed by atoms with Crippen LogP contribution in [0.4, 0.5) is 17.6 Å². The zero-order valence-electron chi connectivity index (χ0n) is 15.5. The second kappa shape index (κ2) is 8.89. The summed E-state index contributed by atoms with van der Waals surface area (Å²) < 4.78 is 51.2. The van der Waals surface area contributed by atoms with Crippen LogP contribution in [-0.2, 0) is 6.18 Å². The molecule has 3 rings (SSSR count). The van der Waals surface area contributed by atoms with Crippen LogP contribution in [0.25, 0.3) is 11.4 Å². The molecule has 0 saturated heterocycles. The maximum atomic E-state index is 13.0. The normalized spacial score (nSPS) is 12.4. The van der Waals surface area contributed by atoms with Gasteiger partial charge in [0.25, 0.3) is 11.5 Å². The fourth-order valence-corrected chi connectivity index (χ4v) is 2.87. The molecule has 1 aromatic heterocycles. The van der Waals surface area contributed by atoms with Crippen LogP contribution in [0, 0.1) is 0 Å². The van der Waals surface area contributed by atoms with Crippen LogP contribution in [0.5, 0.6) is 0 Å². The number of amides is 1. The van der Waals surface area contributed by atoms with Crippen LogP contribution < -0.4 is 10.9 Å². The molecule has 1 atom stereocenters. The van der Waals surface area contributed by atoms with E-state index in [9.17, 15) is 27.2 Å². The van der Waals surface area contributed by atoms with Crippen molar-refractivity contribution in [3.63, 3.8) is 0 Å². The van der Waals surface area contributed by atoms with Crippen molar-refractivity contribution in [2.24, 2.45) is 0 Å². The van der Waals surface area contributed by atoms with Crippen LogP contribution in [-0.4, -0.2) is 22.5 Å². The van der Waals surface area contributed by atoms with E-state index in [2.05, 4.69) is 15.3 Å². The third-order valence-electron chi connectivity index (χ3n) is 4.37. The standard InChI is InChI=1S/C21H17F4N3O2/c22-11-10-16(13-6-8-15(9-7-13)21(23,24)25)27-20(30)17-12-18(29)28-19(26-17)14-4-2-1-3-5-14/h1-9,12,16H,10-11H2,(H,27,30)(H,26,28,29)/t16-/m1/s1. The van der Waals surface area contributed by atoms with Crippen molar-refractivity contribution in [2.75, 3.05) is 6.67 Å². The molecule has 0 saturated carbocycles. The Kier molecular flexibility index (Phi) is 6.29. The number of halogens is 4. The molecule has 0 aliphatic carbocycles. The second-order valence-corrected chi connectivity index (χ2v) is 6.47. The maximum absolute atomic E-state index is 13.0. The van der Waals surface area contributed by atoms with E-state index in [1.54, 1.807) is 30.3 Å². The van der Waals surface area contributed by atoms with Crippen LogP contribution in [0.3, 0.4) is 0 Å². The summed E-state index contributed by atoms with van der Waals surface area (Å²) in [6, 6.07) is 12.9. The van der Waals surface area contributed by atoms with Gasteiger partial charge in [-0.3, -0.25) is 14.0 Å². The fourth-order valence-electron chi connectivity index (χ4n) is 2.87. The summed E-state index contributed by atoms with van der Waals surface area (Å²) in [5.74, 6) is -0.554. The molecule has 2 aromatic carbocycles. The first-order chi connectivity index (χ1) is 14.3. The number of H-pyrrole nitrogens is 1. The minimum absolute atomic E-state index is 0.147. The lowest BCUT2D eigenvalue weighted by Crippen LogP contribution is -2.31. The van der Waals surface area contributed by atoms with E-state index in [0.717, 1.165) is 18.2 Å². The molecular weight excluding hydrogens is 402 g/mol. The van der Waals surface area contributed by atoms with E-state index in [0.29, 0.717) is 11.1 Å². The summed E-state index contributed by atoms with van der Waals surface area (Å²) in [5, 5.41) is 2.54. The number of carbonyl (C=O) groups excluding carboxylic acids is 1. The van der Waals surface area contributed by atoms with Gasteiger partial charge in [0.2, 0.25) is 0 Å². The lowest BCUT2D eigenvalue weighted by molar-refractivity contribution is -0.137. The molecule has 0 bridgehead atoms. The summed E-state index contributed by atoms with van der Waals surface area (Å²) >= 11 is 0. The monoisotopic (exact) mass is 419 g/mol. The van der Waals surface area contributed by atoms with Crippen molar-refractivity contribution in [3.8, 4) is 11.4 Å². The summed E-state index contributed by atoms with van der Waals surface area (Å²) in [7, 11) is 0. The summed E-state index contributed by atoms with van der Waals surface area (Å²) in [6.07, 6.45) is -4.65. The number of aromatic amines is 1. The topological polar surface area (TPSA) is 74.8 Å². The molecule has 2 N–H and O–H groups in total. The molecule has 9 heteroatoms. The number of carbonyl (C=O) groups is 1. The molecule has 1 amide bonds. The largest absolute Gasteiger partial charge is 0.416 e. The Morgan fingerprint density at radius 2 is 1.73 bits per heavy atom. The van der Waals surface area contributed by atoms with Gasteiger partial charge < -0.3 is 10.3 Å². The van der Waals surface area contributed by atoms with E-state index >= 15 is 0 Å². The number of rotatable bonds is 6. The van der Waals surface area contributed by atoms with Crippen LogP contribution in [0.15, 0.2) is 65.5 Å². The third kappa shape index (κ3) is 5.11. The highest BCUT2D eigenvalue weighted by Crippen LogP contribution is 2.30. The van der Waals surface area contributed by atoms with Crippen molar-refractivity contribution in [2.45, 2.75) is 18.6 Å². The Labute approximate surface area is 168 Å². The molecule has 0 fully saturated rings. The van der Waals surface area contributed by atoms with Gasteiger partial charge in [-0.15, -0.1) is 0 Å². The van der Waals surface area contributed by atoms with E-state index in [1.807, 2.05) is 0 Å². The van der Waals surface area contributed by atoms with Gasteiger partial charge in [0.1, 0.15) is 11.5 Å². The zero-order chi connectivity index (χ0) is 21.7. The average Bonchev–Trinajstić information content (AvgIpc) is 2.73. The quantitative estimate of drug-likeness (QED) is 0.586. The van der Waals surface area contributed by atoms with Crippen molar-refractivity contribution < 1.29 is 22.4 Å². The van der Waals surface area contributed by atoms with E-state index in [1.165, 1.54) is 12.1 Å². The first-order valence-corrected chi connectivity index (χ1v) is 8.98. The molecule has 5 nitrogen and oxygen atoms in total. The molecule has 0 radical (unpaired) electrons. The molecular formula is C21H17F4N3O2. The van der Waals surface area contributed by atoms with Gasteiger partial charge in [0.15, 0.2) is 0 Å². The van der Waals surface area contributed by atoms with Gasteiger partial charge in [-0.2, -0.15) is 13.2 Å². The van der Waals surface area contributed by atoms with Crippen molar-refractivity contribution in [3.05, 3.63) is 87.8 Å². The van der Waals surface area contributed by atoms with E-state index in [4.69, 9.17) is 0 Å². The third-order valence-corrected chi connectivity index (χ3v) is 4.37. The molecule has 0 spiro atoms. The SMILES string of the molecule is O=C(N[C@H](CCF)c1ccc(C(F)(F)F)cc1)c1cc(=O)[nH]c(-c2ccccc2)n1. The van der Waals surface area contributed by atoms with Crippen LogP contribution in [0.1, 0.15) is 34.1 Å². The Morgan fingerprint density at radius 1 is 1.07 bits per heavy atom. The predicted octanol–water partition coefficient (Wildman–Crippen LogP) is 4.29. The molecule has 156 valence electrons. The lowest BCUT2D eigenvalue weighted by atomic mass is 10.0. The highest BCUT2D eigenvalue weighted by atomic mass is 19.4. The number of aromatic nitrogens is 2. The van der Waals surface area contributed by atoms with Gasteiger partial charge >= 0.3 is 6.18 Å². The Bertz CT molecular complexity index is 1060. The number of nitrogens with zero attached hydrogens (tertiary/aromatic N) is 1. The highest BCUT2D eigenvalue weighted by Gasteiger charge is 2.30. The number of hydrogen-bond donors (Lipinski definition) is 2. The van der Waals surface area contributed by atoms with Gasteiger partial charge in [0.05, 0.1) is 18.3 Å². The number of nitrogens with one attached hydrogen (secondary N) is 2. The molecule has 0 aliphatic rings. The molecule has 0 unspecified atom stereocenters. The maximum Gasteiger partial charge on any atom is 0.416 e. The number of hydrogen-bond acceptors (Lipinski definition) is 3. The molecule has 0 aliphatic heterocycles. The highest BCUT2D eigenvalue weighted by molar-refractivity contribution is 5.92. The van der Waals surface area contributed by atoms with Crippen molar-refractivity contribution >= 4 is 5.91 Å². The molecule has 3 aromatic rings. The summed E-state index contributed by atoms with van der Waals surface area (Å²) in [5.41, 5.74) is -0.686. The smallest absolute Gasteiger partial charge is 0.344 e. The second-order valence-electron chi connectivity index (χ2n) is 6.47. The van der Waals surface area contributed by atoms with Crippen molar-refractivity contribution in [1.29, 1.82) is 0 Å². The number of alkyl halides is 4. The summed E-state index contributed by atoms with van der Waals surface area (Å²) in [4.78, 5) is 31.3. The average molecular weight is 419 g/mol. The minimum atomic E-state index is -4.50. The minimum Gasteiger partial charge on any atom is -0.344 e. The Morgan fingerprint density at radius 3 is 2.33 bits per heavy atom. The van der Waals surface area contributed by atoms with E-state index in [-0.39, 0.29) is 17.9 Å². The van der Waals surface area contributed by atoms with Gasteiger partial charge in [-0.1, -0.05) is 42.5 Å². The zero-order valence-corrected chi connectivity index (χ0v) is 15.5. The Balaban J connectivity index is 1.85. The first-order valence-electron chi connectivity index (χ1n) is 8.98. The van der Waals surface area contributed by atoms with Crippen LogP contribution >= 0.6 is 0 Å². The van der Waals surface area contributed by atoms with Gasteiger partial charge in [-0.25, -0.2) is 4.98 Å². The van der Waals surface area contributed by atoms with Gasteiger partial charge in [0, 0.05) is 18.1 Å². The molecule has 30 heavy (non-hydrogen) atoms. The van der Waals surface area contributed by atoms with Gasteiger partial charge in [-0.05, 0) is 17.7 Å². The lowest BCUT2D eigenvalue weighted by Gasteiger charge is -2.18. The van der Waals surface area contributed by atoms with Crippen molar-refractivity contribution in [1.82, 2.24) is 15.3 Å². The first kappa shape index (κ1) is 21.2. The predicted molar refractivity (Wildman–Crippen MR) is 103 cm³/mol. The number of benzene rings is 2. The van der Waals surface area contributed by atoms with Crippen LogP contribution in [0.2, 0.25) is 0 Å². The molecule has 1 heterocycles. The fraction of sp³-hybridized carbons (Fsp3) is 0.190.